The van der Waals surface area contributed by atoms with Crippen LogP contribution in [0.5, 0.6) is 0 Å². The molecule has 112 valence electrons. The number of anilines is 1. The third-order valence-corrected chi connectivity index (χ3v) is 3.39. The molecule has 1 fully saturated rings. The van der Waals surface area contributed by atoms with Crippen LogP contribution in [0.1, 0.15) is 19.4 Å². The summed E-state index contributed by atoms with van der Waals surface area (Å²) in [5.41, 5.74) is 1.23. The Morgan fingerprint density at radius 1 is 1.40 bits per heavy atom. The first kappa shape index (κ1) is 15.2. The van der Waals surface area contributed by atoms with E-state index in [9.17, 15) is 0 Å². The lowest BCUT2D eigenvalue weighted by Gasteiger charge is -2.37. The number of ether oxygens (including phenoxy) is 2. The number of nitrogens with one attached hydrogen (secondary N) is 1. The summed E-state index contributed by atoms with van der Waals surface area (Å²) in [5, 5.41) is 3.38. The van der Waals surface area contributed by atoms with Crippen LogP contribution in [-0.2, 0) is 16.0 Å². The highest BCUT2D eigenvalue weighted by Crippen LogP contribution is 2.21. The third-order valence-electron chi connectivity index (χ3n) is 3.39. The second kappa shape index (κ2) is 7.57. The van der Waals surface area contributed by atoms with E-state index < -0.39 is 0 Å². The molecule has 0 aliphatic carbocycles. The predicted octanol–water partition coefficient (Wildman–Crippen LogP) is 1.43. The molecular weight excluding hydrogens is 254 g/mol. The highest BCUT2D eigenvalue weighted by atomic mass is 16.5. The fourth-order valence-electron chi connectivity index (χ4n) is 2.60. The van der Waals surface area contributed by atoms with Crippen molar-refractivity contribution < 1.29 is 9.47 Å². The fraction of sp³-hybridized carbons (Fsp3) is 0.667. The minimum atomic E-state index is 0.245. The van der Waals surface area contributed by atoms with Gasteiger partial charge in [-0.2, -0.15) is 0 Å². The Morgan fingerprint density at radius 3 is 2.85 bits per heavy atom. The molecule has 2 rings (SSSR count). The highest BCUT2D eigenvalue weighted by molar-refractivity contribution is 5.47. The van der Waals surface area contributed by atoms with Gasteiger partial charge in [0, 0.05) is 45.0 Å². The Kier molecular flexibility index (Phi) is 5.76. The van der Waals surface area contributed by atoms with E-state index in [0.717, 1.165) is 38.6 Å². The molecule has 1 saturated heterocycles. The predicted molar refractivity (Wildman–Crippen MR) is 80.0 cm³/mol. The lowest BCUT2D eigenvalue weighted by atomic mass is 10.2. The first-order valence-corrected chi connectivity index (χ1v) is 7.24. The Morgan fingerprint density at radius 2 is 2.15 bits per heavy atom. The maximum atomic E-state index is 5.79. The maximum Gasteiger partial charge on any atom is 0.133 e. The first-order chi connectivity index (χ1) is 9.70. The van der Waals surface area contributed by atoms with Crippen LogP contribution >= 0.6 is 0 Å². The van der Waals surface area contributed by atoms with Crippen LogP contribution in [0.4, 0.5) is 5.82 Å². The number of methoxy groups -OCH3 is 1. The average Bonchev–Trinajstić information content (AvgIpc) is 2.43. The molecule has 1 aliphatic rings. The van der Waals surface area contributed by atoms with Crippen molar-refractivity contribution in [2.24, 2.45) is 0 Å². The van der Waals surface area contributed by atoms with E-state index >= 15 is 0 Å². The smallest absolute Gasteiger partial charge is 0.133 e. The van der Waals surface area contributed by atoms with Gasteiger partial charge in [0.05, 0.1) is 18.8 Å². The first-order valence-electron chi connectivity index (χ1n) is 7.24. The van der Waals surface area contributed by atoms with E-state index in [1.54, 1.807) is 7.11 Å². The Hall–Kier alpha value is -1.17. The maximum absolute atomic E-state index is 5.79. The summed E-state index contributed by atoms with van der Waals surface area (Å²) < 4.78 is 10.8. The average molecular weight is 279 g/mol. The van der Waals surface area contributed by atoms with Gasteiger partial charge in [-0.1, -0.05) is 6.07 Å². The van der Waals surface area contributed by atoms with E-state index in [4.69, 9.17) is 9.47 Å². The quantitative estimate of drug-likeness (QED) is 0.798. The van der Waals surface area contributed by atoms with Gasteiger partial charge in [0.1, 0.15) is 5.82 Å². The van der Waals surface area contributed by atoms with E-state index in [1.807, 2.05) is 12.3 Å². The van der Waals surface area contributed by atoms with Crippen molar-refractivity contribution >= 4 is 5.82 Å². The van der Waals surface area contributed by atoms with E-state index in [0.29, 0.717) is 0 Å². The zero-order chi connectivity index (χ0) is 14.4. The van der Waals surface area contributed by atoms with Gasteiger partial charge < -0.3 is 19.7 Å². The zero-order valence-corrected chi connectivity index (χ0v) is 12.6. The van der Waals surface area contributed by atoms with Crippen molar-refractivity contribution in [1.29, 1.82) is 0 Å². The molecule has 5 nitrogen and oxygen atoms in total. The van der Waals surface area contributed by atoms with Crippen molar-refractivity contribution in [2.75, 3.05) is 38.3 Å². The molecular formula is C15H25N3O2. The molecule has 0 amide bonds. The van der Waals surface area contributed by atoms with Gasteiger partial charge in [-0.3, -0.25) is 0 Å². The van der Waals surface area contributed by atoms with Gasteiger partial charge in [0.25, 0.3) is 0 Å². The lowest BCUT2D eigenvalue weighted by molar-refractivity contribution is -0.00551. The van der Waals surface area contributed by atoms with Crippen LogP contribution in [0, 0.1) is 0 Å². The van der Waals surface area contributed by atoms with Crippen LogP contribution < -0.4 is 10.2 Å². The molecule has 2 unspecified atom stereocenters. The number of aromatic nitrogens is 1. The Bertz CT molecular complexity index is 404. The zero-order valence-electron chi connectivity index (χ0n) is 12.6. The molecule has 0 radical (unpaired) electrons. The normalized spacial score (nSPS) is 23.1. The van der Waals surface area contributed by atoms with Gasteiger partial charge in [0.2, 0.25) is 0 Å². The Balaban J connectivity index is 2.03. The minimum Gasteiger partial charge on any atom is -0.383 e. The standard InChI is InChI=1S/C15H25N3O2/c1-12-10-18(11-13(2)20-12)15-14(5-4-6-17-15)9-16-7-8-19-3/h4-6,12-13,16H,7-11H2,1-3H3. The molecule has 0 bridgehead atoms. The number of nitrogens with zero attached hydrogens (tertiary/aromatic N) is 2. The molecule has 2 heterocycles. The summed E-state index contributed by atoms with van der Waals surface area (Å²) in [6, 6.07) is 4.12. The monoisotopic (exact) mass is 279 g/mol. The molecule has 1 N–H and O–H groups in total. The van der Waals surface area contributed by atoms with Crippen molar-refractivity contribution in [3.63, 3.8) is 0 Å². The van der Waals surface area contributed by atoms with Gasteiger partial charge in [-0.25, -0.2) is 4.98 Å². The number of pyridine rings is 1. The van der Waals surface area contributed by atoms with Crippen molar-refractivity contribution in [3.8, 4) is 0 Å². The van der Waals surface area contributed by atoms with Gasteiger partial charge in [-0.15, -0.1) is 0 Å². The summed E-state index contributed by atoms with van der Waals surface area (Å²) >= 11 is 0. The topological polar surface area (TPSA) is 46.6 Å². The number of hydrogen-bond acceptors (Lipinski definition) is 5. The highest BCUT2D eigenvalue weighted by Gasteiger charge is 2.24. The summed E-state index contributed by atoms with van der Waals surface area (Å²) in [4.78, 5) is 6.89. The van der Waals surface area contributed by atoms with Crippen LogP contribution in [0.2, 0.25) is 0 Å². The fourth-order valence-corrected chi connectivity index (χ4v) is 2.60. The summed E-state index contributed by atoms with van der Waals surface area (Å²) in [6.45, 7) is 8.40. The molecule has 1 aromatic rings. The van der Waals surface area contributed by atoms with Crippen molar-refractivity contribution in [3.05, 3.63) is 23.9 Å². The van der Waals surface area contributed by atoms with E-state index in [-0.39, 0.29) is 12.2 Å². The SMILES string of the molecule is COCCNCc1cccnc1N1CC(C)OC(C)C1. The molecule has 0 spiro atoms. The second-order valence-electron chi connectivity index (χ2n) is 5.32. The van der Waals surface area contributed by atoms with E-state index in [1.165, 1.54) is 5.56 Å². The van der Waals surface area contributed by atoms with Crippen LogP contribution in [0.25, 0.3) is 0 Å². The molecule has 1 aliphatic heterocycles. The number of hydrogen-bond donors (Lipinski definition) is 1. The van der Waals surface area contributed by atoms with Crippen molar-refractivity contribution in [1.82, 2.24) is 10.3 Å². The summed E-state index contributed by atoms with van der Waals surface area (Å²) in [7, 11) is 1.72. The summed E-state index contributed by atoms with van der Waals surface area (Å²) in [6.07, 6.45) is 2.35. The Labute approximate surface area is 121 Å². The van der Waals surface area contributed by atoms with Crippen LogP contribution in [0.3, 0.4) is 0 Å². The summed E-state index contributed by atoms with van der Waals surface area (Å²) in [5.74, 6) is 1.07. The second-order valence-corrected chi connectivity index (χ2v) is 5.32. The molecule has 0 aromatic carbocycles. The molecule has 2 atom stereocenters. The van der Waals surface area contributed by atoms with Gasteiger partial charge in [0.15, 0.2) is 0 Å². The van der Waals surface area contributed by atoms with Gasteiger partial charge >= 0.3 is 0 Å². The molecule has 20 heavy (non-hydrogen) atoms. The third kappa shape index (κ3) is 4.16. The minimum absolute atomic E-state index is 0.245. The number of rotatable bonds is 6. The largest absolute Gasteiger partial charge is 0.383 e. The molecule has 1 aromatic heterocycles. The van der Waals surface area contributed by atoms with Crippen LogP contribution in [-0.4, -0.2) is 50.5 Å². The van der Waals surface area contributed by atoms with Crippen molar-refractivity contribution in [2.45, 2.75) is 32.6 Å². The molecule has 0 saturated carbocycles. The molecule has 5 heteroatoms. The number of morpholine rings is 1. The van der Waals surface area contributed by atoms with Crippen LogP contribution in [0.15, 0.2) is 18.3 Å². The van der Waals surface area contributed by atoms with E-state index in [2.05, 4.69) is 35.1 Å². The lowest BCUT2D eigenvalue weighted by Crippen LogP contribution is -2.46. The van der Waals surface area contributed by atoms with Gasteiger partial charge in [-0.05, 0) is 19.9 Å².